The van der Waals surface area contributed by atoms with Gasteiger partial charge >= 0.3 is 6.09 Å². The molecule has 0 bridgehead atoms. The van der Waals surface area contributed by atoms with E-state index in [1.54, 1.807) is 24.3 Å². The van der Waals surface area contributed by atoms with Crippen LogP contribution in [0, 0.1) is 0 Å². The van der Waals surface area contributed by atoms with Gasteiger partial charge in [0.2, 0.25) is 0 Å². The molecular formula is C20H25NO5. The maximum atomic E-state index is 11.7. The van der Waals surface area contributed by atoms with Crippen LogP contribution in [0.15, 0.2) is 54.6 Å². The van der Waals surface area contributed by atoms with Crippen molar-refractivity contribution < 1.29 is 24.5 Å². The van der Waals surface area contributed by atoms with Crippen molar-refractivity contribution in [2.45, 2.75) is 32.2 Å². The zero-order valence-electron chi connectivity index (χ0n) is 14.8. The fourth-order valence-electron chi connectivity index (χ4n) is 2.47. The summed E-state index contributed by atoms with van der Waals surface area (Å²) in [4.78, 5) is 11.7. The average molecular weight is 359 g/mol. The predicted molar refractivity (Wildman–Crippen MR) is 97.8 cm³/mol. The van der Waals surface area contributed by atoms with Crippen molar-refractivity contribution in [3.8, 4) is 5.75 Å². The summed E-state index contributed by atoms with van der Waals surface area (Å²) in [6.45, 7) is 2.68. The summed E-state index contributed by atoms with van der Waals surface area (Å²) in [7, 11) is 0. The maximum absolute atomic E-state index is 11.7. The topological polar surface area (TPSA) is 88.0 Å². The molecular weight excluding hydrogens is 334 g/mol. The largest absolute Gasteiger partial charge is 0.493 e. The highest BCUT2D eigenvalue weighted by molar-refractivity contribution is 5.67. The molecule has 1 amide bonds. The van der Waals surface area contributed by atoms with Gasteiger partial charge in [-0.2, -0.15) is 0 Å². The van der Waals surface area contributed by atoms with Crippen molar-refractivity contribution in [3.05, 3.63) is 65.7 Å². The third-order valence-electron chi connectivity index (χ3n) is 3.82. The van der Waals surface area contributed by atoms with Crippen molar-refractivity contribution in [2.75, 3.05) is 13.2 Å². The number of carbonyl (C=O) groups is 1. The molecule has 3 N–H and O–H groups in total. The van der Waals surface area contributed by atoms with Crippen molar-refractivity contribution in [2.24, 2.45) is 0 Å². The molecule has 0 fully saturated rings. The van der Waals surface area contributed by atoms with Crippen molar-refractivity contribution in [1.29, 1.82) is 0 Å². The monoisotopic (exact) mass is 359 g/mol. The van der Waals surface area contributed by atoms with Crippen molar-refractivity contribution in [3.63, 3.8) is 0 Å². The van der Waals surface area contributed by atoms with E-state index in [-0.39, 0.29) is 19.6 Å². The molecule has 0 saturated carbocycles. The first-order valence-electron chi connectivity index (χ1n) is 8.64. The fraction of sp³-hybridized carbons (Fsp3) is 0.350. The van der Waals surface area contributed by atoms with Crippen LogP contribution in [0.1, 0.15) is 30.6 Å². The Kier molecular flexibility index (Phi) is 7.92. The van der Waals surface area contributed by atoms with Gasteiger partial charge in [0, 0.05) is 12.1 Å². The molecule has 0 radical (unpaired) electrons. The third kappa shape index (κ3) is 6.06. The van der Waals surface area contributed by atoms with E-state index in [2.05, 4.69) is 5.32 Å². The Labute approximate surface area is 153 Å². The first-order chi connectivity index (χ1) is 12.6. The Morgan fingerprint density at radius 3 is 2.50 bits per heavy atom. The molecule has 26 heavy (non-hydrogen) atoms. The maximum Gasteiger partial charge on any atom is 0.407 e. The number of aliphatic hydroxyl groups excluding tert-OH is 2. The van der Waals surface area contributed by atoms with Gasteiger partial charge in [-0.3, -0.25) is 0 Å². The molecule has 2 aromatic rings. The standard InChI is InChI=1S/C20H25NO5/c1-2-25-18-11-7-6-10-16(18)19(23)17(22)12-13-21-20(24)26-14-15-8-4-3-5-9-15/h3-11,17,19,22-23H,2,12-14H2,1H3,(H,21,24). The molecule has 0 aliphatic carbocycles. The summed E-state index contributed by atoms with van der Waals surface area (Å²) in [5.74, 6) is 0.539. The number of carbonyl (C=O) groups excluding carboxylic acids is 1. The fourth-order valence-corrected chi connectivity index (χ4v) is 2.47. The first kappa shape index (κ1) is 19.8. The average Bonchev–Trinajstić information content (AvgIpc) is 2.67. The van der Waals surface area contributed by atoms with Crippen LogP contribution >= 0.6 is 0 Å². The predicted octanol–water partition coefficient (Wildman–Crippen LogP) is 2.80. The lowest BCUT2D eigenvalue weighted by molar-refractivity contribution is 0.0121. The normalized spacial score (nSPS) is 12.9. The minimum absolute atomic E-state index is 0.180. The van der Waals surface area contributed by atoms with E-state index in [4.69, 9.17) is 9.47 Å². The molecule has 0 aromatic heterocycles. The SMILES string of the molecule is CCOc1ccccc1C(O)C(O)CCNC(=O)OCc1ccccc1. The van der Waals surface area contributed by atoms with Crippen LogP contribution in [0.25, 0.3) is 0 Å². The number of aliphatic hydroxyl groups is 2. The number of hydrogen-bond donors (Lipinski definition) is 3. The Bertz CT molecular complexity index is 677. The lowest BCUT2D eigenvalue weighted by Crippen LogP contribution is -2.29. The molecule has 0 aliphatic rings. The molecule has 6 heteroatoms. The van der Waals surface area contributed by atoms with Gasteiger partial charge < -0.3 is 25.0 Å². The highest BCUT2D eigenvalue weighted by atomic mass is 16.5. The lowest BCUT2D eigenvalue weighted by atomic mass is 10.0. The van der Waals surface area contributed by atoms with E-state index in [0.717, 1.165) is 5.56 Å². The third-order valence-corrected chi connectivity index (χ3v) is 3.82. The zero-order chi connectivity index (χ0) is 18.8. The van der Waals surface area contributed by atoms with Gasteiger partial charge in [0.15, 0.2) is 0 Å². The van der Waals surface area contributed by atoms with Crippen molar-refractivity contribution in [1.82, 2.24) is 5.32 Å². The zero-order valence-corrected chi connectivity index (χ0v) is 14.8. The highest BCUT2D eigenvalue weighted by Crippen LogP contribution is 2.28. The van der Waals surface area contributed by atoms with Crippen LogP contribution in [0.4, 0.5) is 4.79 Å². The summed E-state index contributed by atoms with van der Waals surface area (Å²) in [6.07, 6.45) is -2.52. The quantitative estimate of drug-likeness (QED) is 0.641. The second-order valence-electron chi connectivity index (χ2n) is 5.76. The van der Waals surface area contributed by atoms with E-state index >= 15 is 0 Å². The number of alkyl carbamates (subject to hydrolysis) is 1. The van der Waals surface area contributed by atoms with Gasteiger partial charge in [-0.1, -0.05) is 48.5 Å². The van der Waals surface area contributed by atoms with E-state index in [0.29, 0.717) is 17.9 Å². The van der Waals surface area contributed by atoms with Gasteiger partial charge in [-0.15, -0.1) is 0 Å². The Hall–Kier alpha value is -2.57. The molecule has 2 rings (SSSR count). The molecule has 2 aromatic carbocycles. The van der Waals surface area contributed by atoms with E-state index in [1.165, 1.54) is 0 Å². The van der Waals surface area contributed by atoms with Crippen LogP contribution in [0.2, 0.25) is 0 Å². The summed E-state index contributed by atoms with van der Waals surface area (Å²) in [5.41, 5.74) is 1.42. The van der Waals surface area contributed by atoms with Gasteiger partial charge in [-0.05, 0) is 25.0 Å². The molecule has 0 saturated heterocycles. The lowest BCUT2D eigenvalue weighted by Gasteiger charge is -2.20. The molecule has 140 valence electrons. The Morgan fingerprint density at radius 2 is 1.77 bits per heavy atom. The Morgan fingerprint density at radius 1 is 1.08 bits per heavy atom. The smallest absolute Gasteiger partial charge is 0.407 e. The Balaban J connectivity index is 1.75. The molecule has 0 heterocycles. The van der Waals surface area contributed by atoms with Crippen LogP contribution in [0.5, 0.6) is 5.75 Å². The van der Waals surface area contributed by atoms with Crippen LogP contribution in [-0.4, -0.2) is 35.6 Å². The van der Waals surface area contributed by atoms with E-state index < -0.39 is 18.3 Å². The summed E-state index contributed by atoms with van der Waals surface area (Å²) < 4.78 is 10.6. The van der Waals surface area contributed by atoms with Crippen molar-refractivity contribution >= 4 is 6.09 Å². The second kappa shape index (κ2) is 10.4. The van der Waals surface area contributed by atoms with E-state index in [9.17, 15) is 15.0 Å². The van der Waals surface area contributed by atoms with Gasteiger partial charge in [0.1, 0.15) is 18.5 Å². The number of nitrogens with one attached hydrogen (secondary N) is 1. The van der Waals surface area contributed by atoms with Crippen LogP contribution < -0.4 is 10.1 Å². The number of ether oxygens (including phenoxy) is 2. The van der Waals surface area contributed by atoms with Crippen LogP contribution in [0.3, 0.4) is 0 Å². The molecule has 2 atom stereocenters. The minimum atomic E-state index is -1.10. The number of rotatable bonds is 9. The van der Waals surface area contributed by atoms with Gasteiger partial charge in [-0.25, -0.2) is 4.79 Å². The molecule has 0 spiro atoms. The minimum Gasteiger partial charge on any atom is -0.493 e. The number of hydrogen-bond acceptors (Lipinski definition) is 5. The summed E-state index contributed by atoms with van der Waals surface area (Å²) in [5, 5.41) is 23.1. The molecule has 2 unspecified atom stereocenters. The summed E-state index contributed by atoms with van der Waals surface area (Å²) in [6, 6.07) is 16.4. The van der Waals surface area contributed by atoms with Gasteiger partial charge in [0.25, 0.3) is 0 Å². The molecule has 0 aliphatic heterocycles. The number of amides is 1. The molecule has 6 nitrogen and oxygen atoms in total. The summed E-state index contributed by atoms with van der Waals surface area (Å²) >= 11 is 0. The van der Waals surface area contributed by atoms with Crippen LogP contribution in [-0.2, 0) is 11.3 Å². The first-order valence-corrected chi connectivity index (χ1v) is 8.64. The highest BCUT2D eigenvalue weighted by Gasteiger charge is 2.21. The number of para-hydroxylation sites is 1. The van der Waals surface area contributed by atoms with E-state index in [1.807, 2.05) is 37.3 Å². The second-order valence-corrected chi connectivity index (χ2v) is 5.76. The van der Waals surface area contributed by atoms with Gasteiger partial charge in [0.05, 0.1) is 12.7 Å². The number of benzene rings is 2.